The Labute approximate surface area is 163 Å². The van der Waals surface area contributed by atoms with Crippen molar-refractivity contribution in [3.8, 4) is 16.9 Å². The fourth-order valence-corrected chi connectivity index (χ4v) is 3.44. The van der Waals surface area contributed by atoms with Gasteiger partial charge in [0.2, 0.25) is 0 Å². The van der Waals surface area contributed by atoms with Crippen LogP contribution in [0.4, 0.5) is 4.39 Å². The Hall–Kier alpha value is -2.80. The van der Waals surface area contributed by atoms with Crippen molar-refractivity contribution in [3.63, 3.8) is 0 Å². The molecule has 6 nitrogen and oxygen atoms in total. The first kappa shape index (κ1) is 19.9. The van der Waals surface area contributed by atoms with E-state index in [0.717, 1.165) is 5.56 Å². The second-order valence-electron chi connectivity index (χ2n) is 6.72. The topological polar surface area (TPSA) is 66.2 Å². The molecule has 0 aliphatic heterocycles. The number of aromatic nitrogens is 3. The van der Waals surface area contributed by atoms with E-state index in [2.05, 4.69) is 9.97 Å². The number of methoxy groups -OCH3 is 2. The molecule has 0 radical (unpaired) electrons. The highest BCUT2D eigenvalue weighted by molar-refractivity contribution is 5.90. The van der Waals surface area contributed by atoms with Gasteiger partial charge in [0.05, 0.1) is 19.8 Å². The summed E-state index contributed by atoms with van der Waals surface area (Å²) in [5.41, 5.74) is 3.43. The molecule has 3 aromatic rings. The third kappa shape index (κ3) is 3.38. The predicted molar refractivity (Wildman–Crippen MR) is 106 cm³/mol. The fraction of sp³-hybridized carbons (Fsp3) is 0.381. The lowest BCUT2D eigenvalue weighted by atomic mass is 9.99. The van der Waals surface area contributed by atoms with Crippen LogP contribution in [-0.2, 0) is 4.74 Å². The molecule has 148 valence electrons. The summed E-state index contributed by atoms with van der Waals surface area (Å²) in [5, 5.41) is 0. The number of ether oxygens (including phenoxy) is 2. The van der Waals surface area contributed by atoms with Crippen molar-refractivity contribution in [2.75, 3.05) is 20.8 Å². The number of hydrogen-bond acceptors (Lipinski definition) is 5. The van der Waals surface area contributed by atoms with Crippen LogP contribution in [0.2, 0.25) is 0 Å². The highest BCUT2D eigenvalue weighted by atomic mass is 19.1. The molecule has 0 N–H and O–H groups in total. The van der Waals surface area contributed by atoms with Crippen LogP contribution in [0.3, 0.4) is 0 Å². The summed E-state index contributed by atoms with van der Waals surface area (Å²) in [6.45, 7) is 5.93. The van der Waals surface area contributed by atoms with Gasteiger partial charge in [-0.2, -0.15) is 0 Å². The van der Waals surface area contributed by atoms with Gasteiger partial charge < -0.3 is 9.47 Å². The molecule has 2 aromatic heterocycles. The Morgan fingerprint density at radius 1 is 1.21 bits per heavy atom. The molecule has 2 heterocycles. The third-order valence-corrected chi connectivity index (χ3v) is 4.93. The minimum atomic E-state index is -0.455. The molecule has 1 aromatic carbocycles. The maximum absolute atomic E-state index is 14.4. The van der Waals surface area contributed by atoms with Crippen LogP contribution in [0.25, 0.3) is 22.3 Å². The normalized spacial score (nSPS) is 12.4. The Morgan fingerprint density at radius 2 is 1.96 bits per heavy atom. The molecular formula is C21H24FN3O3. The quantitative estimate of drug-likeness (QED) is 0.645. The van der Waals surface area contributed by atoms with Crippen LogP contribution in [0.5, 0.6) is 5.75 Å². The first-order valence-electron chi connectivity index (χ1n) is 9.14. The molecule has 0 saturated heterocycles. The number of hydrogen-bond donors (Lipinski definition) is 0. The van der Waals surface area contributed by atoms with E-state index in [9.17, 15) is 9.18 Å². The first-order chi connectivity index (χ1) is 13.4. The highest BCUT2D eigenvalue weighted by Crippen LogP contribution is 2.33. The summed E-state index contributed by atoms with van der Waals surface area (Å²) in [6.07, 6.45) is 2.32. The molecule has 3 rings (SSSR count). The summed E-state index contributed by atoms with van der Waals surface area (Å²) >= 11 is 0. The molecule has 0 saturated carbocycles. The third-order valence-electron chi connectivity index (χ3n) is 4.93. The molecule has 0 aliphatic rings. The predicted octanol–water partition coefficient (Wildman–Crippen LogP) is 3.82. The molecule has 0 aliphatic carbocycles. The molecule has 28 heavy (non-hydrogen) atoms. The van der Waals surface area contributed by atoms with Gasteiger partial charge in [-0.3, -0.25) is 9.36 Å². The zero-order chi connectivity index (χ0) is 20.4. The van der Waals surface area contributed by atoms with E-state index in [1.54, 1.807) is 36.9 Å². The van der Waals surface area contributed by atoms with Crippen LogP contribution in [-0.4, -0.2) is 35.4 Å². The van der Waals surface area contributed by atoms with Crippen LogP contribution in [0.15, 0.2) is 29.2 Å². The van der Waals surface area contributed by atoms with E-state index >= 15 is 0 Å². The summed E-state index contributed by atoms with van der Waals surface area (Å²) in [7, 11) is 3.04. The van der Waals surface area contributed by atoms with Crippen molar-refractivity contribution in [2.24, 2.45) is 0 Å². The van der Waals surface area contributed by atoms with Crippen LogP contribution in [0.1, 0.15) is 30.6 Å². The van der Waals surface area contributed by atoms with E-state index in [1.807, 2.05) is 13.8 Å². The summed E-state index contributed by atoms with van der Waals surface area (Å²) in [6, 6.07) is 4.70. The molecule has 0 fully saturated rings. The van der Waals surface area contributed by atoms with Crippen molar-refractivity contribution < 1.29 is 13.9 Å². The molecule has 0 amide bonds. The number of pyridine rings is 1. The lowest BCUT2D eigenvalue weighted by molar-refractivity contribution is 0.153. The minimum Gasteiger partial charge on any atom is -0.494 e. The van der Waals surface area contributed by atoms with Crippen molar-refractivity contribution in [1.29, 1.82) is 0 Å². The van der Waals surface area contributed by atoms with Gasteiger partial charge in [0, 0.05) is 18.9 Å². The molecule has 1 atom stereocenters. The maximum atomic E-state index is 14.4. The fourth-order valence-electron chi connectivity index (χ4n) is 3.44. The van der Waals surface area contributed by atoms with E-state index in [-0.39, 0.29) is 17.4 Å². The van der Waals surface area contributed by atoms with E-state index in [0.29, 0.717) is 41.0 Å². The largest absolute Gasteiger partial charge is 0.494 e. The van der Waals surface area contributed by atoms with E-state index < -0.39 is 5.82 Å². The van der Waals surface area contributed by atoms with Gasteiger partial charge in [0.25, 0.3) is 5.56 Å². The van der Waals surface area contributed by atoms with Crippen molar-refractivity contribution >= 4 is 11.2 Å². The number of rotatable bonds is 6. The number of halogens is 1. The zero-order valence-corrected chi connectivity index (χ0v) is 16.7. The number of benzene rings is 1. The smallest absolute Gasteiger partial charge is 0.273 e. The van der Waals surface area contributed by atoms with Crippen LogP contribution < -0.4 is 10.3 Å². The zero-order valence-electron chi connectivity index (χ0n) is 16.7. The van der Waals surface area contributed by atoms with E-state index in [1.165, 1.54) is 13.2 Å². The van der Waals surface area contributed by atoms with Gasteiger partial charge in [0.15, 0.2) is 17.2 Å². The molecule has 1 unspecified atom stereocenters. The maximum Gasteiger partial charge on any atom is 0.273 e. The van der Waals surface area contributed by atoms with Crippen molar-refractivity contribution in [3.05, 3.63) is 51.8 Å². The number of fused-ring (bicyclic) bond motifs is 1. The van der Waals surface area contributed by atoms with Gasteiger partial charge in [-0.25, -0.2) is 14.4 Å². The van der Waals surface area contributed by atoms with Crippen molar-refractivity contribution in [1.82, 2.24) is 14.5 Å². The molecule has 0 bridgehead atoms. The van der Waals surface area contributed by atoms with Gasteiger partial charge >= 0.3 is 0 Å². The standard InChI is InChI=1S/C21H24FN3O3/c1-6-14(11-27-4)25-20-19(24-13(3)21(25)26)15(7-8-23-20)16-10-17(22)18(28-5)9-12(16)2/h7-10,14H,6,11H2,1-5H3. The van der Waals surface area contributed by atoms with Gasteiger partial charge in [-0.15, -0.1) is 0 Å². The molecular weight excluding hydrogens is 361 g/mol. The summed E-state index contributed by atoms with van der Waals surface area (Å²) in [5.74, 6) is -0.268. The Morgan fingerprint density at radius 3 is 2.61 bits per heavy atom. The molecule has 0 spiro atoms. The van der Waals surface area contributed by atoms with Gasteiger partial charge in [0.1, 0.15) is 11.2 Å². The Kier molecular flexibility index (Phi) is 5.74. The minimum absolute atomic E-state index is 0.168. The second kappa shape index (κ2) is 8.06. The average Bonchev–Trinajstić information content (AvgIpc) is 2.69. The second-order valence-corrected chi connectivity index (χ2v) is 6.72. The Bertz CT molecular complexity index is 1080. The average molecular weight is 385 g/mol. The van der Waals surface area contributed by atoms with Gasteiger partial charge in [-0.05, 0) is 49.6 Å². The first-order valence-corrected chi connectivity index (χ1v) is 9.14. The Balaban J connectivity index is 2.35. The lowest BCUT2D eigenvalue weighted by Gasteiger charge is -2.20. The lowest BCUT2D eigenvalue weighted by Crippen LogP contribution is -2.30. The van der Waals surface area contributed by atoms with E-state index in [4.69, 9.17) is 9.47 Å². The number of nitrogens with zero attached hydrogens (tertiary/aromatic N) is 3. The van der Waals surface area contributed by atoms with Gasteiger partial charge in [-0.1, -0.05) is 6.92 Å². The summed E-state index contributed by atoms with van der Waals surface area (Å²) in [4.78, 5) is 21.8. The number of aryl methyl sites for hydroxylation is 2. The highest BCUT2D eigenvalue weighted by Gasteiger charge is 2.20. The summed E-state index contributed by atoms with van der Waals surface area (Å²) < 4.78 is 26.4. The van der Waals surface area contributed by atoms with Crippen molar-refractivity contribution in [2.45, 2.75) is 33.2 Å². The molecule has 7 heteroatoms. The monoisotopic (exact) mass is 385 g/mol. The van der Waals surface area contributed by atoms with Crippen LogP contribution in [0, 0.1) is 19.7 Å². The SMILES string of the molecule is CCC(COC)n1c(=O)c(C)nc2c(-c3cc(F)c(OC)cc3C)ccnc21. The van der Waals surface area contributed by atoms with Crippen LogP contribution >= 0.6 is 0 Å².